The lowest BCUT2D eigenvalue weighted by Crippen LogP contribution is -2.14. The van der Waals surface area contributed by atoms with E-state index in [-0.39, 0.29) is 24.3 Å². The van der Waals surface area contributed by atoms with Gasteiger partial charge in [-0.05, 0) is 0 Å². The molecule has 0 atom stereocenters. The maximum absolute atomic E-state index is 10.8. The summed E-state index contributed by atoms with van der Waals surface area (Å²) in [7, 11) is 0. The number of nitrogens with one attached hydrogen (secondary N) is 1. The van der Waals surface area contributed by atoms with Crippen LogP contribution < -0.4 is 10.5 Å². The van der Waals surface area contributed by atoms with Crippen LogP contribution in [0.25, 0.3) is 0 Å². The Labute approximate surface area is 107 Å². The number of nitro benzene ring substituents is 1. The van der Waals surface area contributed by atoms with Crippen LogP contribution in [0.4, 0.5) is 5.69 Å². The normalized spacial score (nSPS) is 13.6. The Hall–Kier alpha value is -1.80. The Morgan fingerprint density at radius 3 is 3.06 bits per heavy atom. The highest BCUT2D eigenvalue weighted by molar-refractivity contribution is 8.13. The fraction of sp³-hybridized carbons (Fsp3) is 0.300. The summed E-state index contributed by atoms with van der Waals surface area (Å²) in [6, 6.07) is 2.89. The van der Waals surface area contributed by atoms with Crippen LogP contribution in [0, 0.1) is 15.5 Å². The van der Waals surface area contributed by atoms with Crippen molar-refractivity contribution in [2.24, 2.45) is 5.73 Å². The molecule has 7 nitrogen and oxygen atoms in total. The molecule has 0 aromatic heterocycles. The number of nitrogens with zero attached hydrogens (tertiary/aromatic N) is 1. The van der Waals surface area contributed by atoms with Gasteiger partial charge in [0.2, 0.25) is 0 Å². The number of amidine groups is 1. The van der Waals surface area contributed by atoms with Gasteiger partial charge in [0.25, 0.3) is 5.69 Å². The Morgan fingerprint density at radius 2 is 2.39 bits per heavy atom. The molecule has 1 aromatic carbocycles. The maximum Gasteiger partial charge on any atom is 0.270 e. The van der Waals surface area contributed by atoms with Gasteiger partial charge in [-0.3, -0.25) is 15.5 Å². The smallest absolute Gasteiger partial charge is 0.270 e. The highest BCUT2D eigenvalue weighted by Gasteiger charge is 2.20. The van der Waals surface area contributed by atoms with E-state index >= 15 is 0 Å². The quantitative estimate of drug-likeness (QED) is 0.373. The van der Waals surface area contributed by atoms with E-state index in [9.17, 15) is 10.1 Å². The van der Waals surface area contributed by atoms with E-state index in [0.717, 1.165) is 11.8 Å². The molecule has 0 radical (unpaired) electrons. The van der Waals surface area contributed by atoms with Crippen LogP contribution in [0.15, 0.2) is 12.1 Å². The van der Waals surface area contributed by atoms with Crippen LogP contribution in [-0.2, 0) is 17.1 Å². The number of non-ortho nitro benzene ring substituents is 1. The molecule has 3 N–H and O–H groups in total. The van der Waals surface area contributed by atoms with Crippen molar-refractivity contribution in [2.75, 3.05) is 6.79 Å². The number of nitro groups is 1. The number of thioether (sulfide) groups is 1. The predicted octanol–water partition coefficient (Wildman–Crippen LogP) is 1.59. The Morgan fingerprint density at radius 1 is 1.61 bits per heavy atom. The van der Waals surface area contributed by atoms with Gasteiger partial charge in [-0.1, -0.05) is 11.8 Å². The first kappa shape index (κ1) is 12.7. The Balaban J connectivity index is 2.37. The minimum Gasteiger partial charge on any atom is -0.467 e. The van der Waals surface area contributed by atoms with Gasteiger partial charge in [-0.2, -0.15) is 0 Å². The fourth-order valence-electron chi connectivity index (χ4n) is 1.65. The lowest BCUT2D eigenvalue weighted by atomic mass is 10.1. The van der Waals surface area contributed by atoms with Crippen molar-refractivity contribution in [1.29, 1.82) is 5.41 Å². The number of ether oxygens (including phenoxy) is 2. The topological polar surface area (TPSA) is 111 Å². The van der Waals surface area contributed by atoms with Gasteiger partial charge in [-0.15, -0.1) is 0 Å². The van der Waals surface area contributed by atoms with Crippen molar-refractivity contribution in [2.45, 2.75) is 12.4 Å². The molecule has 0 spiro atoms. The Kier molecular flexibility index (Phi) is 3.68. The summed E-state index contributed by atoms with van der Waals surface area (Å²) in [6.07, 6.45) is 0. The number of rotatable bonds is 3. The minimum atomic E-state index is -0.461. The maximum atomic E-state index is 10.8. The average Bonchev–Trinajstić information content (AvgIpc) is 2.35. The van der Waals surface area contributed by atoms with Crippen LogP contribution in [0.5, 0.6) is 5.75 Å². The highest BCUT2D eigenvalue weighted by Crippen LogP contribution is 2.34. The third-order valence-corrected chi connectivity index (χ3v) is 3.13. The van der Waals surface area contributed by atoms with E-state index in [1.54, 1.807) is 0 Å². The molecular weight excluding hydrogens is 258 g/mol. The second-order valence-corrected chi connectivity index (χ2v) is 4.63. The van der Waals surface area contributed by atoms with Crippen molar-refractivity contribution >= 4 is 22.6 Å². The van der Waals surface area contributed by atoms with Crippen molar-refractivity contribution < 1.29 is 14.4 Å². The number of benzene rings is 1. The predicted molar refractivity (Wildman–Crippen MR) is 66.6 cm³/mol. The van der Waals surface area contributed by atoms with E-state index in [4.69, 9.17) is 20.6 Å². The molecule has 1 heterocycles. The molecule has 0 unspecified atom stereocenters. The second-order valence-electron chi connectivity index (χ2n) is 3.61. The number of fused-ring (bicyclic) bond motifs is 1. The van der Waals surface area contributed by atoms with E-state index in [2.05, 4.69) is 0 Å². The Bertz CT molecular complexity index is 506. The van der Waals surface area contributed by atoms with Crippen molar-refractivity contribution in [3.05, 3.63) is 33.4 Å². The summed E-state index contributed by atoms with van der Waals surface area (Å²) in [6.45, 7) is 0.414. The zero-order valence-electron chi connectivity index (χ0n) is 9.34. The molecule has 18 heavy (non-hydrogen) atoms. The van der Waals surface area contributed by atoms with E-state index in [1.807, 2.05) is 0 Å². The summed E-state index contributed by atoms with van der Waals surface area (Å²) in [5.74, 6) is 0.958. The average molecular weight is 269 g/mol. The van der Waals surface area contributed by atoms with Crippen LogP contribution >= 0.6 is 11.8 Å². The fourth-order valence-corrected chi connectivity index (χ4v) is 2.17. The zero-order chi connectivity index (χ0) is 13.1. The molecule has 2 rings (SSSR count). The minimum absolute atomic E-state index is 0.0120. The summed E-state index contributed by atoms with van der Waals surface area (Å²) >= 11 is 1.10. The zero-order valence-corrected chi connectivity index (χ0v) is 10.2. The van der Waals surface area contributed by atoms with Crippen LogP contribution in [-0.4, -0.2) is 16.9 Å². The molecule has 0 amide bonds. The standard InChI is InChI=1S/C10H11N3O4S/c11-10(12)18-4-7-2-8(13(14)15)1-6-3-16-5-17-9(6)7/h1-2H,3-5H2,(H3,11,12). The van der Waals surface area contributed by atoms with Crippen molar-refractivity contribution in [3.8, 4) is 5.75 Å². The molecule has 96 valence electrons. The first-order valence-corrected chi connectivity index (χ1v) is 6.04. The highest BCUT2D eigenvalue weighted by atomic mass is 32.2. The SMILES string of the molecule is N=C(N)SCc1cc([N+](=O)[O-])cc2c1OCOC2. The van der Waals surface area contributed by atoms with Crippen LogP contribution in [0.3, 0.4) is 0 Å². The van der Waals surface area contributed by atoms with Crippen molar-refractivity contribution in [1.82, 2.24) is 0 Å². The van der Waals surface area contributed by atoms with E-state index in [0.29, 0.717) is 22.6 Å². The van der Waals surface area contributed by atoms with Gasteiger partial charge in [0.15, 0.2) is 12.0 Å². The number of hydrogen-bond donors (Lipinski definition) is 2. The van der Waals surface area contributed by atoms with E-state index < -0.39 is 4.92 Å². The van der Waals surface area contributed by atoms with E-state index in [1.165, 1.54) is 12.1 Å². The van der Waals surface area contributed by atoms with Gasteiger partial charge in [0, 0.05) is 29.0 Å². The molecule has 8 heteroatoms. The van der Waals surface area contributed by atoms with Crippen LogP contribution in [0.2, 0.25) is 0 Å². The van der Waals surface area contributed by atoms with Gasteiger partial charge in [-0.25, -0.2) is 0 Å². The van der Waals surface area contributed by atoms with Gasteiger partial charge in [0.05, 0.1) is 11.5 Å². The van der Waals surface area contributed by atoms with Gasteiger partial charge < -0.3 is 15.2 Å². The summed E-state index contributed by atoms with van der Waals surface area (Å²) in [5.41, 5.74) is 6.55. The molecule has 0 aliphatic carbocycles. The molecule has 1 aliphatic heterocycles. The monoisotopic (exact) mass is 269 g/mol. The molecule has 0 saturated heterocycles. The first-order chi connectivity index (χ1) is 8.58. The number of nitrogens with two attached hydrogens (primary N) is 1. The molecule has 1 aromatic rings. The second kappa shape index (κ2) is 5.23. The molecule has 0 fully saturated rings. The number of hydrogen-bond acceptors (Lipinski definition) is 6. The van der Waals surface area contributed by atoms with Crippen LogP contribution in [0.1, 0.15) is 11.1 Å². The molecule has 0 saturated carbocycles. The lowest BCUT2D eigenvalue weighted by Gasteiger charge is -2.20. The molecule has 0 bridgehead atoms. The lowest BCUT2D eigenvalue weighted by molar-refractivity contribution is -0.385. The first-order valence-electron chi connectivity index (χ1n) is 5.05. The summed E-state index contributed by atoms with van der Waals surface area (Å²) in [5, 5.41) is 18.0. The summed E-state index contributed by atoms with van der Waals surface area (Å²) < 4.78 is 10.4. The molecule has 1 aliphatic rings. The third-order valence-electron chi connectivity index (χ3n) is 2.37. The third kappa shape index (κ3) is 2.71. The van der Waals surface area contributed by atoms with Crippen molar-refractivity contribution in [3.63, 3.8) is 0 Å². The molecular formula is C10H11N3O4S. The van der Waals surface area contributed by atoms with Gasteiger partial charge >= 0.3 is 0 Å². The van der Waals surface area contributed by atoms with Gasteiger partial charge in [0.1, 0.15) is 5.75 Å². The largest absolute Gasteiger partial charge is 0.467 e. The summed E-state index contributed by atoms with van der Waals surface area (Å²) in [4.78, 5) is 10.4.